The molecule has 0 N–H and O–H groups in total. The van der Waals surface area contributed by atoms with E-state index >= 15 is 0 Å². The summed E-state index contributed by atoms with van der Waals surface area (Å²) in [7, 11) is 0. The Kier molecular flexibility index (Phi) is 3.77. The van der Waals surface area contributed by atoms with Crippen molar-refractivity contribution in [1.29, 1.82) is 0 Å². The Morgan fingerprint density at radius 1 is 0.850 bits per heavy atom. The largest absolute Gasteiger partial charge is 0.326 e. The Labute approximate surface area is 127 Å². The van der Waals surface area contributed by atoms with Crippen LogP contribution in [0, 0.1) is 0 Å². The summed E-state index contributed by atoms with van der Waals surface area (Å²) in [6.45, 7) is 0. The lowest BCUT2D eigenvalue weighted by Gasteiger charge is -2.21. The Hall–Kier alpha value is -1.77. The molecular formula is C16H12Cl2N2. The van der Waals surface area contributed by atoms with Crippen LogP contribution < -0.4 is 0 Å². The molecule has 0 aliphatic rings. The van der Waals surface area contributed by atoms with Crippen LogP contribution in [0.3, 0.4) is 0 Å². The summed E-state index contributed by atoms with van der Waals surface area (Å²) < 4.78 is 2.00. The van der Waals surface area contributed by atoms with Gasteiger partial charge in [-0.2, -0.15) is 0 Å². The molecule has 0 atom stereocenters. The zero-order valence-electron chi connectivity index (χ0n) is 10.6. The maximum Gasteiger partial charge on any atom is 0.0954 e. The van der Waals surface area contributed by atoms with Crippen LogP contribution >= 0.6 is 23.2 Å². The van der Waals surface area contributed by atoms with Crippen molar-refractivity contribution < 1.29 is 0 Å². The minimum atomic E-state index is -0.0834. The average Bonchev–Trinajstić information content (AvgIpc) is 2.97. The average molecular weight is 303 g/mol. The van der Waals surface area contributed by atoms with Crippen molar-refractivity contribution in [3.8, 4) is 0 Å². The van der Waals surface area contributed by atoms with E-state index in [4.69, 9.17) is 23.2 Å². The number of hydrogen-bond donors (Lipinski definition) is 0. The topological polar surface area (TPSA) is 17.8 Å². The van der Waals surface area contributed by atoms with Crippen LogP contribution in [0.1, 0.15) is 17.2 Å². The Balaban J connectivity index is 2.21. The Morgan fingerprint density at radius 2 is 1.40 bits per heavy atom. The van der Waals surface area contributed by atoms with Crippen molar-refractivity contribution in [2.45, 2.75) is 6.04 Å². The Morgan fingerprint density at radius 3 is 1.85 bits per heavy atom. The molecule has 1 heterocycles. The second-order valence-corrected chi connectivity index (χ2v) is 5.27. The fourth-order valence-corrected chi connectivity index (χ4v) is 2.78. The molecule has 3 rings (SSSR count). The highest BCUT2D eigenvalue weighted by molar-refractivity contribution is 6.32. The van der Waals surface area contributed by atoms with Gasteiger partial charge in [0.25, 0.3) is 0 Å². The number of nitrogens with zero attached hydrogens (tertiary/aromatic N) is 2. The number of benzene rings is 2. The minimum Gasteiger partial charge on any atom is -0.326 e. The SMILES string of the molecule is Clc1ccccc1C(c1ccccc1Cl)n1ccnc1. The van der Waals surface area contributed by atoms with Gasteiger partial charge in [0, 0.05) is 22.4 Å². The van der Waals surface area contributed by atoms with Crippen molar-refractivity contribution in [1.82, 2.24) is 9.55 Å². The molecule has 0 aliphatic heterocycles. The summed E-state index contributed by atoms with van der Waals surface area (Å²) in [5.74, 6) is 0. The van der Waals surface area contributed by atoms with Gasteiger partial charge in [-0.25, -0.2) is 4.98 Å². The quantitative estimate of drug-likeness (QED) is 0.678. The highest BCUT2D eigenvalue weighted by Gasteiger charge is 2.20. The van der Waals surface area contributed by atoms with Gasteiger partial charge in [-0.15, -0.1) is 0 Å². The van der Waals surface area contributed by atoms with Crippen LogP contribution in [-0.4, -0.2) is 9.55 Å². The Bertz CT molecular complexity index is 663. The van der Waals surface area contributed by atoms with E-state index in [1.54, 1.807) is 12.5 Å². The predicted octanol–water partition coefficient (Wildman–Crippen LogP) is 4.83. The van der Waals surface area contributed by atoms with Gasteiger partial charge in [0.2, 0.25) is 0 Å². The first-order chi connectivity index (χ1) is 9.77. The van der Waals surface area contributed by atoms with Crippen LogP contribution in [0.25, 0.3) is 0 Å². The van der Waals surface area contributed by atoms with Gasteiger partial charge in [-0.3, -0.25) is 0 Å². The molecule has 0 aliphatic carbocycles. The summed E-state index contributed by atoms with van der Waals surface area (Å²) in [6, 6.07) is 15.5. The lowest BCUT2D eigenvalue weighted by Crippen LogP contribution is -2.11. The van der Waals surface area contributed by atoms with Crippen LogP contribution in [-0.2, 0) is 0 Å². The van der Waals surface area contributed by atoms with Crippen molar-refractivity contribution in [3.05, 3.63) is 88.4 Å². The third kappa shape index (κ3) is 2.45. The second kappa shape index (κ2) is 5.70. The molecule has 0 radical (unpaired) electrons. The number of rotatable bonds is 3. The molecule has 20 heavy (non-hydrogen) atoms. The van der Waals surface area contributed by atoms with Crippen molar-refractivity contribution in [3.63, 3.8) is 0 Å². The van der Waals surface area contributed by atoms with E-state index in [1.165, 1.54) is 0 Å². The predicted molar refractivity (Wildman–Crippen MR) is 82.4 cm³/mol. The number of halogens is 2. The van der Waals surface area contributed by atoms with Gasteiger partial charge in [0.15, 0.2) is 0 Å². The zero-order valence-corrected chi connectivity index (χ0v) is 12.1. The van der Waals surface area contributed by atoms with Crippen LogP contribution in [0.5, 0.6) is 0 Å². The third-order valence-electron chi connectivity index (χ3n) is 3.22. The van der Waals surface area contributed by atoms with E-state index in [1.807, 2.05) is 59.3 Å². The molecule has 0 saturated carbocycles. The first-order valence-corrected chi connectivity index (χ1v) is 6.99. The molecule has 1 aromatic heterocycles. The third-order valence-corrected chi connectivity index (χ3v) is 3.91. The van der Waals surface area contributed by atoms with E-state index < -0.39 is 0 Å². The van der Waals surface area contributed by atoms with Gasteiger partial charge in [0.1, 0.15) is 0 Å². The van der Waals surface area contributed by atoms with Crippen LogP contribution in [0.2, 0.25) is 10.0 Å². The van der Waals surface area contributed by atoms with E-state index in [2.05, 4.69) is 4.98 Å². The minimum absolute atomic E-state index is 0.0834. The molecule has 0 unspecified atom stereocenters. The standard InChI is InChI=1S/C16H12Cl2N2/c17-14-7-3-1-5-12(14)16(20-10-9-19-11-20)13-6-2-4-8-15(13)18/h1-11,16H. The summed E-state index contributed by atoms with van der Waals surface area (Å²) in [5.41, 5.74) is 2.00. The van der Waals surface area contributed by atoms with E-state index in [9.17, 15) is 0 Å². The summed E-state index contributed by atoms with van der Waals surface area (Å²) >= 11 is 12.7. The normalized spacial score (nSPS) is 10.9. The monoisotopic (exact) mass is 302 g/mol. The maximum atomic E-state index is 6.36. The summed E-state index contributed by atoms with van der Waals surface area (Å²) in [4.78, 5) is 4.13. The lowest BCUT2D eigenvalue weighted by molar-refractivity contribution is 0.677. The van der Waals surface area contributed by atoms with E-state index in [-0.39, 0.29) is 6.04 Å². The number of aromatic nitrogens is 2. The van der Waals surface area contributed by atoms with E-state index in [0.717, 1.165) is 11.1 Å². The molecule has 0 fully saturated rings. The van der Waals surface area contributed by atoms with Crippen molar-refractivity contribution in [2.24, 2.45) is 0 Å². The summed E-state index contributed by atoms with van der Waals surface area (Å²) in [5, 5.41) is 1.43. The lowest BCUT2D eigenvalue weighted by atomic mass is 9.98. The zero-order chi connectivity index (χ0) is 13.9. The van der Waals surface area contributed by atoms with Gasteiger partial charge in [0.05, 0.1) is 12.4 Å². The number of imidazole rings is 1. The van der Waals surface area contributed by atoms with Gasteiger partial charge in [-0.05, 0) is 23.3 Å². The first kappa shape index (κ1) is 13.2. The van der Waals surface area contributed by atoms with Gasteiger partial charge in [-0.1, -0.05) is 59.6 Å². The van der Waals surface area contributed by atoms with Crippen molar-refractivity contribution in [2.75, 3.05) is 0 Å². The molecule has 100 valence electrons. The molecule has 2 nitrogen and oxygen atoms in total. The van der Waals surface area contributed by atoms with Gasteiger partial charge >= 0.3 is 0 Å². The molecule has 0 amide bonds. The van der Waals surface area contributed by atoms with E-state index in [0.29, 0.717) is 10.0 Å². The molecular weight excluding hydrogens is 291 g/mol. The fourth-order valence-electron chi connectivity index (χ4n) is 2.30. The molecule has 0 spiro atoms. The maximum absolute atomic E-state index is 6.36. The molecule has 2 aromatic carbocycles. The fraction of sp³-hybridized carbons (Fsp3) is 0.0625. The highest BCUT2D eigenvalue weighted by atomic mass is 35.5. The number of hydrogen-bond acceptors (Lipinski definition) is 1. The van der Waals surface area contributed by atoms with Crippen LogP contribution in [0.15, 0.2) is 67.3 Å². The summed E-state index contributed by atoms with van der Waals surface area (Å²) in [6.07, 6.45) is 5.44. The smallest absolute Gasteiger partial charge is 0.0954 e. The molecule has 0 saturated heterocycles. The second-order valence-electron chi connectivity index (χ2n) is 4.46. The highest BCUT2D eigenvalue weighted by Crippen LogP contribution is 2.34. The molecule has 0 bridgehead atoms. The van der Waals surface area contributed by atoms with Gasteiger partial charge < -0.3 is 4.57 Å². The molecule has 3 aromatic rings. The van der Waals surface area contributed by atoms with Crippen molar-refractivity contribution >= 4 is 23.2 Å². The van der Waals surface area contributed by atoms with Crippen LogP contribution in [0.4, 0.5) is 0 Å². The first-order valence-electron chi connectivity index (χ1n) is 6.23. The molecule has 4 heteroatoms.